The first kappa shape index (κ1) is 19.4. The van der Waals surface area contributed by atoms with Gasteiger partial charge in [-0.3, -0.25) is 0 Å². The summed E-state index contributed by atoms with van der Waals surface area (Å²) in [6.45, 7) is 0. The summed E-state index contributed by atoms with van der Waals surface area (Å²) in [4.78, 5) is 0. The molecule has 28 heavy (non-hydrogen) atoms. The number of benzene rings is 3. The van der Waals surface area contributed by atoms with Crippen molar-refractivity contribution < 1.29 is 4.39 Å². The second-order valence-electron chi connectivity index (χ2n) is 6.89. The first-order chi connectivity index (χ1) is 13.8. The summed E-state index contributed by atoms with van der Waals surface area (Å²) in [5, 5.41) is 0. The molecule has 4 rings (SSSR count). The average Bonchev–Trinajstić information content (AvgIpc) is 2.76. The highest BCUT2D eigenvalue weighted by atomic mass is 32.2. The quantitative estimate of drug-likeness (QED) is 0.434. The predicted molar refractivity (Wildman–Crippen MR) is 122 cm³/mol. The Labute approximate surface area is 175 Å². The van der Waals surface area contributed by atoms with Crippen molar-refractivity contribution >= 4 is 29.6 Å². The molecule has 0 aliphatic carbocycles. The molecule has 0 radical (unpaired) electrons. The number of halogens is 1. The topological polar surface area (TPSA) is 0 Å². The summed E-state index contributed by atoms with van der Waals surface area (Å²) in [5.74, 6) is 2.16. The van der Waals surface area contributed by atoms with Crippen molar-refractivity contribution in [2.75, 3.05) is 11.5 Å². The van der Waals surface area contributed by atoms with Gasteiger partial charge in [-0.15, -0.1) is 23.5 Å². The molecule has 3 aromatic carbocycles. The third-order valence-electron chi connectivity index (χ3n) is 5.00. The van der Waals surface area contributed by atoms with Crippen LogP contribution in [-0.4, -0.2) is 11.5 Å². The van der Waals surface area contributed by atoms with Crippen LogP contribution >= 0.6 is 23.5 Å². The molecule has 1 fully saturated rings. The Morgan fingerprint density at radius 2 is 1.50 bits per heavy atom. The van der Waals surface area contributed by atoms with E-state index in [9.17, 15) is 4.39 Å². The molecule has 142 valence electrons. The monoisotopic (exact) mass is 406 g/mol. The fourth-order valence-corrected chi connectivity index (χ4v) is 7.24. The van der Waals surface area contributed by atoms with Crippen LogP contribution in [0, 0.1) is 5.82 Å². The SMILES string of the molecule is Fc1cccc(C2([C@@H](/C=C/c3ccccc3)c3ccccc3)SCCCS2)c1. The first-order valence-corrected chi connectivity index (χ1v) is 11.6. The van der Waals surface area contributed by atoms with Gasteiger partial charge in [0.15, 0.2) is 0 Å². The predicted octanol–water partition coefficient (Wildman–Crippen LogP) is 7.35. The van der Waals surface area contributed by atoms with Gasteiger partial charge < -0.3 is 0 Å². The molecule has 1 heterocycles. The van der Waals surface area contributed by atoms with E-state index in [-0.39, 0.29) is 15.8 Å². The highest BCUT2D eigenvalue weighted by molar-refractivity contribution is 8.18. The summed E-state index contributed by atoms with van der Waals surface area (Å²) in [7, 11) is 0. The minimum atomic E-state index is -0.229. The second-order valence-corrected chi connectivity index (χ2v) is 9.83. The first-order valence-electron chi connectivity index (χ1n) is 9.60. The van der Waals surface area contributed by atoms with Crippen molar-refractivity contribution in [2.24, 2.45) is 0 Å². The fourth-order valence-electron chi connectivity index (χ4n) is 3.67. The largest absolute Gasteiger partial charge is 0.207 e. The Morgan fingerprint density at radius 1 is 0.821 bits per heavy atom. The Hall–Kier alpha value is -1.97. The van der Waals surface area contributed by atoms with Gasteiger partial charge in [0, 0.05) is 5.92 Å². The smallest absolute Gasteiger partial charge is 0.123 e. The van der Waals surface area contributed by atoms with Crippen molar-refractivity contribution in [1.82, 2.24) is 0 Å². The van der Waals surface area contributed by atoms with E-state index in [1.165, 1.54) is 23.6 Å². The van der Waals surface area contributed by atoms with Crippen LogP contribution in [0.15, 0.2) is 91.0 Å². The molecule has 1 aliphatic rings. The van der Waals surface area contributed by atoms with E-state index in [2.05, 4.69) is 72.8 Å². The van der Waals surface area contributed by atoms with E-state index in [0.717, 1.165) is 17.1 Å². The molecule has 3 aromatic rings. The molecular weight excluding hydrogens is 383 g/mol. The molecule has 0 spiro atoms. The molecule has 1 atom stereocenters. The number of hydrogen-bond acceptors (Lipinski definition) is 2. The highest BCUT2D eigenvalue weighted by Crippen LogP contribution is 2.59. The maximum Gasteiger partial charge on any atom is 0.123 e. The van der Waals surface area contributed by atoms with E-state index in [1.54, 1.807) is 6.07 Å². The minimum Gasteiger partial charge on any atom is -0.207 e. The van der Waals surface area contributed by atoms with E-state index < -0.39 is 0 Å². The zero-order chi connectivity index (χ0) is 19.2. The molecular formula is C25H23FS2. The molecule has 0 saturated carbocycles. The van der Waals surface area contributed by atoms with E-state index in [1.807, 2.05) is 35.7 Å². The van der Waals surface area contributed by atoms with Crippen LogP contribution in [0.5, 0.6) is 0 Å². The summed E-state index contributed by atoms with van der Waals surface area (Å²) >= 11 is 3.91. The van der Waals surface area contributed by atoms with E-state index >= 15 is 0 Å². The molecule has 0 unspecified atom stereocenters. The van der Waals surface area contributed by atoms with Gasteiger partial charge >= 0.3 is 0 Å². The maximum atomic E-state index is 14.2. The number of thioether (sulfide) groups is 2. The molecule has 1 saturated heterocycles. The van der Waals surface area contributed by atoms with Crippen molar-refractivity contribution in [3.8, 4) is 0 Å². The molecule has 0 nitrogen and oxygen atoms in total. The van der Waals surface area contributed by atoms with Gasteiger partial charge in [0.2, 0.25) is 0 Å². The molecule has 3 heteroatoms. The van der Waals surface area contributed by atoms with Crippen LogP contribution in [0.25, 0.3) is 6.08 Å². The van der Waals surface area contributed by atoms with Crippen LogP contribution in [0.1, 0.15) is 29.0 Å². The van der Waals surface area contributed by atoms with Crippen molar-refractivity contribution in [3.63, 3.8) is 0 Å². The Kier molecular flexibility index (Phi) is 6.23. The third-order valence-corrected chi connectivity index (χ3v) is 8.53. The second kappa shape index (κ2) is 9.02. The molecule has 0 aromatic heterocycles. The third kappa shape index (κ3) is 4.21. The minimum absolute atomic E-state index is 0.144. The Bertz CT molecular complexity index is 916. The van der Waals surface area contributed by atoms with Gasteiger partial charge in [0.25, 0.3) is 0 Å². The van der Waals surface area contributed by atoms with Crippen molar-refractivity contribution in [3.05, 3.63) is 114 Å². The van der Waals surface area contributed by atoms with Gasteiger partial charge in [0.05, 0.1) is 4.08 Å². The molecule has 0 N–H and O–H groups in total. The average molecular weight is 407 g/mol. The van der Waals surface area contributed by atoms with Gasteiger partial charge in [0.1, 0.15) is 5.82 Å². The summed E-state index contributed by atoms with van der Waals surface area (Å²) in [6, 6.07) is 28.2. The lowest BCUT2D eigenvalue weighted by Gasteiger charge is -2.42. The standard InChI is InChI=1S/C25H23FS2/c26-23-14-7-13-22(19-23)25(27-17-8-18-28-25)24(21-11-5-2-6-12-21)16-15-20-9-3-1-4-10-20/h1-7,9-16,19,24H,8,17-18H2/b16-15+/t24-/m0/s1. The lowest BCUT2D eigenvalue weighted by Crippen LogP contribution is -2.29. The lowest BCUT2D eigenvalue weighted by atomic mass is 9.89. The lowest BCUT2D eigenvalue weighted by molar-refractivity contribution is 0.621. The van der Waals surface area contributed by atoms with Gasteiger partial charge in [-0.25, -0.2) is 4.39 Å². The number of rotatable bonds is 5. The molecule has 0 bridgehead atoms. The van der Waals surface area contributed by atoms with Crippen molar-refractivity contribution in [2.45, 2.75) is 16.4 Å². The molecule has 0 amide bonds. The maximum absolute atomic E-state index is 14.2. The van der Waals surface area contributed by atoms with Gasteiger partial charge in [-0.05, 0) is 46.7 Å². The zero-order valence-corrected chi connectivity index (χ0v) is 17.3. The summed E-state index contributed by atoms with van der Waals surface area (Å²) < 4.78 is 13.9. The Balaban J connectivity index is 1.83. The molecule has 1 aliphatic heterocycles. The number of allylic oxidation sites excluding steroid dienone is 1. The van der Waals surface area contributed by atoms with Crippen LogP contribution in [-0.2, 0) is 4.08 Å². The van der Waals surface area contributed by atoms with Crippen LogP contribution in [0.3, 0.4) is 0 Å². The highest BCUT2D eigenvalue weighted by Gasteiger charge is 2.43. The van der Waals surface area contributed by atoms with Crippen molar-refractivity contribution in [1.29, 1.82) is 0 Å². The van der Waals surface area contributed by atoms with Crippen LogP contribution < -0.4 is 0 Å². The van der Waals surface area contributed by atoms with Gasteiger partial charge in [-0.1, -0.05) is 84.9 Å². The Morgan fingerprint density at radius 3 is 2.18 bits per heavy atom. The number of hydrogen-bond donors (Lipinski definition) is 0. The summed E-state index contributed by atoms with van der Waals surface area (Å²) in [5.41, 5.74) is 3.51. The van der Waals surface area contributed by atoms with E-state index in [0.29, 0.717) is 0 Å². The zero-order valence-electron chi connectivity index (χ0n) is 15.6. The van der Waals surface area contributed by atoms with Crippen LogP contribution in [0.4, 0.5) is 4.39 Å². The van der Waals surface area contributed by atoms with E-state index in [4.69, 9.17) is 0 Å². The van der Waals surface area contributed by atoms with Crippen LogP contribution in [0.2, 0.25) is 0 Å². The normalized spacial score (nSPS) is 17.5. The summed E-state index contributed by atoms with van der Waals surface area (Å²) in [6.07, 6.45) is 5.70. The fraction of sp³-hybridized carbons (Fsp3) is 0.200. The van der Waals surface area contributed by atoms with Gasteiger partial charge in [-0.2, -0.15) is 0 Å².